The molecule has 0 aliphatic rings. The van der Waals surface area contributed by atoms with Crippen molar-refractivity contribution < 1.29 is 0 Å². The van der Waals surface area contributed by atoms with Gasteiger partial charge in [0, 0.05) is 16.5 Å². The Hall–Kier alpha value is -5.87. The van der Waals surface area contributed by atoms with E-state index < -0.39 is 0 Å². The highest BCUT2D eigenvalue weighted by atomic mass is 16.1. The lowest BCUT2D eigenvalue weighted by Crippen LogP contribution is -2.14. The van der Waals surface area contributed by atoms with Crippen LogP contribution < -0.4 is 5.56 Å². The predicted molar refractivity (Wildman–Crippen MR) is 234 cm³/mol. The van der Waals surface area contributed by atoms with Gasteiger partial charge in [-0.2, -0.15) is 0 Å². The summed E-state index contributed by atoms with van der Waals surface area (Å²) >= 11 is 0. The monoisotopic (exact) mass is 713 g/mol. The van der Waals surface area contributed by atoms with Crippen molar-refractivity contribution in [3.8, 4) is 22.3 Å². The van der Waals surface area contributed by atoms with Crippen LogP contribution in [0.15, 0.2) is 102 Å². The predicted octanol–water partition coefficient (Wildman–Crippen LogP) is 13.1. The van der Waals surface area contributed by atoms with Crippen LogP contribution in [0.25, 0.3) is 104 Å². The van der Waals surface area contributed by atoms with Gasteiger partial charge in [0.1, 0.15) is 11.2 Å². The first kappa shape index (κ1) is 32.6. The summed E-state index contributed by atoms with van der Waals surface area (Å²) in [5, 5.41) is 13.7. The number of pyridine rings is 1. The van der Waals surface area contributed by atoms with Crippen LogP contribution in [0.5, 0.6) is 0 Å². The van der Waals surface area contributed by atoms with Gasteiger partial charge in [-0.3, -0.25) is 14.2 Å². The zero-order valence-electron chi connectivity index (χ0n) is 33.0. The lowest BCUT2D eigenvalue weighted by Gasteiger charge is -2.24. The van der Waals surface area contributed by atoms with E-state index in [0.29, 0.717) is 5.65 Å². The Bertz CT molecular complexity index is 3430. The van der Waals surface area contributed by atoms with Gasteiger partial charge in [0.05, 0.1) is 17.1 Å². The minimum absolute atomic E-state index is 0.0188. The molecule has 4 nitrogen and oxygen atoms in total. The second-order valence-corrected chi connectivity index (χ2v) is 19.0. The molecular weight excluding hydrogens is 671 g/mol. The maximum Gasteiger partial charge on any atom is 0.265 e. The van der Waals surface area contributed by atoms with Crippen molar-refractivity contribution in [3.05, 3.63) is 124 Å². The van der Waals surface area contributed by atoms with Crippen LogP contribution in [-0.2, 0) is 16.2 Å². The van der Waals surface area contributed by atoms with Crippen LogP contribution in [0, 0.1) is 0 Å². The molecular formula is C51H43N3O. The molecule has 0 atom stereocenters. The number of hydrogen-bond donors (Lipinski definition) is 0. The molecule has 4 heteroatoms. The van der Waals surface area contributed by atoms with Gasteiger partial charge in [0.25, 0.3) is 5.56 Å². The van der Waals surface area contributed by atoms with Gasteiger partial charge in [-0.25, -0.2) is 4.98 Å². The van der Waals surface area contributed by atoms with E-state index in [9.17, 15) is 0 Å². The number of fused-ring (bicyclic) bond motifs is 7. The van der Waals surface area contributed by atoms with Gasteiger partial charge in [-0.1, -0.05) is 135 Å². The fraction of sp³-hybridized carbons (Fsp3) is 0.235. The lowest BCUT2D eigenvalue weighted by atomic mass is 9.80. The minimum atomic E-state index is -0.183. The Morgan fingerprint density at radius 1 is 0.491 bits per heavy atom. The second kappa shape index (κ2) is 10.2. The Balaban J connectivity index is 1.44. The molecule has 268 valence electrons. The number of rotatable bonds is 2. The van der Waals surface area contributed by atoms with Crippen molar-refractivity contribution in [1.82, 2.24) is 14.4 Å². The van der Waals surface area contributed by atoms with Gasteiger partial charge in [0.2, 0.25) is 0 Å². The molecule has 0 unspecified atom stereocenters. The molecule has 0 fully saturated rings. The summed E-state index contributed by atoms with van der Waals surface area (Å²) in [4.78, 5) is 25.5. The van der Waals surface area contributed by atoms with Gasteiger partial charge in [0.15, 0.2) is 0 Å². The van der Waals surface area contributed by atoms with E-state index in [1.54, 1.807) is 0 Å². The largest absolute Gasteiger partial charge is 0.268 e. The quantitative estimate of drug-likeness (QED) is 0.168. The van der Waals surface area contributed by atoms with E-state index in [1.165, 1.54) is 76.5 Å². The summed E-state index contributed by atoms with van der Waals surface area (Å²) in [5.74, 6) is 0. The third-order valence-corrected chi connectivity index (χ3v) is 12.4. The standard InChI is InChI=1S/C51H43N3O/c1-49(2,3)35-16-12-10-14-27(35)31-22-33-43-41-29(31)20-18-26-19-21-30-32(28-15-11-13-17-36(28)50(4,5)6)23-34(44(43)42(30)40(26)41)46-45(33)47-53-37-25-52-39(51(7,8)9)24-38(37)54(47)48(46)55/h10-25H,1-9H3. The summed E-state index contributed by atoms with van der Waals surface area (Å²) in [6.45, 7) is 20.2. The van der Waals surface area contributed by atoms with Gasteiger partial charge < -0.3 is 0 Å². The van der Waals surface area contributed by atoms with Crippen molar-refractivity contribution in [2.24, 2.45) is 0 Å². The first-order chi connectivity index (χ1) is 26.1. The van der Waals surface area contributed by atoms with E-state index in [0.717, 1.165) is 38.3 Å². The molecule has 3 heterocycles. The molecule has 55 heavy (non-hydrogen) atoms. The van der Waals surface area contributed by atoms with Crippen LogP contribution in [0.3, 0.4) is 0 Å². The summed E-state index contributed by atoms with van der Waals surface area (Å²) < 4.78 is 1.88. The number of imidazole rings is 1. The fourth-order valence-corrected chi connectivity index (χ4v) is 9.95. The Labute approximate surface area is 319 Å². The molecule has 8 aromatic carbocycles. The smallest absolute Gasteiger partial charge is 0.265 e. The van der Waals surface area contributed by atoms with E-state index in [4.69, 9.17) is 9.97 Å². The zero-order chi connectivity index (χ0) is 38.1. The van der Waals surface area contributed by atoms with Crippen molar-refractivity contribution >= 4 is 81.3 Å². The SMILES string of the molecule is CC(C)(C)c1cc2c(cn1)nc1c3c4cc(-c5ccccc5C(C)(C)C)c5ccc6ccc7c(-c8ccccc8C(C)(C)C)cc(c3c(=O)n21)c1c7c6c5c41. The highest BCUT2D eigenvalue weighted by Crippen LogP contribution is 2.55. The Morgan fingerprint density at radius 3 is 1.53 bits per heavy atom. The van der Waals surface area contributed by atoms with Gasteiger partial charge in [-0.15, -0.1) is 0 Å². The van der Waals surface area contributed by atoms with Crippen LogP contribution >= 0.6 is 0 Å². The summed E-state index contributed by atoms with van der Waals surface area (Å²) in [5.41, 5.74) is 10.2. The third kappa shape index (κ3) is 4.15. The first-order valence-electron chi connectivity index (χ1n) is 19.6. The number of hydrogen-bond acceptors (Lipinski definition) is 3. The third-order valence-electron chi connectivity index (χ3n) is 12.4. The minimum Gasteiger partial charge on any atom is -0.268 e. The molecule has 11 aromatic rings. The first-order valence-corrected chi connectivity index (χ1v) is 19.6. The number of benzene rings is 7. The number of nitrogens with zero attached hydrogens (tertiary/aromatic N) is 3. The Kier molecular flexibility index (Phi) is 6.07. The average molecular weight is 714 g/mol. The maximum absolute atomic E-state index is 15.4. The molecule has 0 amide bonds. The topological polar surface area (TPSA) is 47.3 Å². The van der Waals surface area contributed by atoms with E-state index in [-0.39, 0.29) is 21.8 Å². The molecule has 0 bridgehead atoms. The highest BCUT2D eigenvalue weighted by molar-refractivity contribution is 6.50. The molecule has 0 aliphatic heterocycles. The Morgan fingerprint density at radius 2 is 1.00 bits per heavy atom. The van der Waals surface area contributed by atoms with Crippen LogP contribution in [-0.4, -0.2) is 14.4 Å². The van der Waals surface area contributed by atoms with Crippen LogP contribution in [0.1, 0.15) is 79.1 Å². The van der Waals surface area contributed by atoms with Crippen molar-refractivity contribution in [2.75, 3.05) is 0 Å². The molecule has 11 rings (SSSR count). The van der Waals surface area contributed by atoms with Crippen molar-refractivity contribution in [2.45, 2.75) is 78.6 Å². The average Bonchev–Trinajstić information content (AvgIpc) is 3.80. The van der Waals surface area contributed by atoms with E-state index in [2.05, 4.69) is 153 Å². The van der Waals surface area contributed by atoms with Gasteiger partial charge >= 0.3 is 0 Å². The summed E-state index contributed by atoms with van der Waals surface area (Å²) in [6, 6.07) is 33.7. The molecule has 0 spiro atoms. The summed E-state index contributed by atoms with van der Waals surface area (Å²) in [7, 11) is 0. The molecule has 0 saturated carbocycles. The number of aromatic nitrogens is 3. The van der Waals surface area contributed by atoms with E-state index >= 15 is 4.79 Å². The molecule has 0 N–H and O–H groups in total. The molecule has 0 radical (unpaired) electrons. The van der Waals surface area contributed by atoms with Gasteiger partial charge in [-0.05, 0) is 116 Å². The molecule has 3 aromatic heterocycles. The van der Waals surface area contributed by atoms with Crippen molar-refractivity contribution in [1.29, 1.82) is 0 Å². The van der Waals surface area contributed by atoms with Crippen LogP contribution in [0.2, 0.25) is 0 Å². The lowest BCUT2D eigenvalue weighted by molar-refractivity contribution is 0.570. The molecule has 0 saturated heterocycles. The zero-order valence-corrected chi connectivity index (χ0v) is 33.0. The molecule has 0 aliphatic carbocycles. The van der Waals surface area contributed by atoms with E-state index in [1.807, 2.05) is 10.6 Å². The van der Waals surface area contributed by atoms with Crippen molar-refractivity contribution in [3.63, 3.8) is 0 Å². The maximum atomic E-state index is 15.4. The highest BCUT2D eigenvalue weighted by Gasteiger charge is 2.31. The summed E-state index contributed by atoms with van der Waals surface area (Å²) in [6.07, 6.45) is 1.85. The van der Waals surface area contributed by atoms with Crippen LogP contribution in [0.4, 0.5) is 0 Å². The second-order valence-electron chi connectivity index (χ2n) is 19.0. The fourth-order valence-electron chi connectivity index (χ4n) is 9.95. The normalized spacial score (nSPS) is 13.6.